The molecule has 0 amide bonds. The van der Waals surface area contributed by atoms with Gasteiger partial charge in [-0.1, -0.05) is 0 Å². The summed E-state index contributed by atoms with van der Waals surface area (Å²) in [6.07, 6.45) is 0. The van der Waals surface area contributed by atoms with Gasteiger partial charge in [0.25, 0.3) is 5.92 Å². The maximum Gasteiger partial charge on any atom is 0.270 e. The van der Waals surface area contributed by atoms with E-state index in [1.165, 1.54) is 19.2 Å². The number of halogens is 2. The molecule has 0 spiro atoms. The Morgan fingerprint density at radius 3 is 2.82 bits per heavy atom. The van der Waals surface area contributed by atoms with Gasteiger partial charge in [0.15, 0.2) is 11.5 Å². The Labute approximate surface area is 97.4 Å². The number of hydrogen-bond acceptors (Lipinski definition) is 4. The third-order valence-corrected chi connectivity index (χ3v) is 2.46. The third kappa shape index (κ3) is 2.48. The number of alkyl halides is 2. The Hall–Kier alpha value is -1.40. The van der Waals surface area contributed by atoms with Crippen LogP contribution in [0.2, 0.25) is 0 Å². The van der Waals surface area contributed by atoms with Crippen LogP contribution in [0.1, 0.15) is 18.1 Å². The molecule has 6 heteroatoms. The molecule has 17 heavy (non-hydrogen) atoms. The smallest absolute Gasteiger partial charge is 0.270 e. The van der Waals surface area contributed by atoms with Gasteiger partial charge in [-0.15, -0.1) is 0 Å². The summed E-state index contributed by atoms with van der Waals surface area (Å²) >= 11 is 0. The van der Waals surface area contributed by atoms with Crippen molar-refractivity contribution in [1.82, 2.24) is 5.48 Å². The highest BCUT2D eigenvalue weighted by atomic mass is 19.3. The van der Waals surface area contributed by atoms with E-state index in [0.29, 0.717) is 17.1 Å². The second-order valence-electron chi connectivity index (χ2n) is 3.78. The van der Waals surface area contributed by atoms with Crippen molar-refractivity contribution in [3.63, 3.8) is 0 Å². The van der Waals surface area contributed by atoms with Crippen molar-refractivity contribution >= 4 is 0 Å². The average Bonchev–Trinajstić information content (AvgIpc) is 2.72. The lowest BCUT2D eigenvalue weighted by Crippen LogP contribution is -2.13. The van der Waals surface area contributed by atoms with Crippen LogP contribution in [0.25, 0.3) is 0 Å². The molecule has 1 aliphatic heterocycles. The number of hydroxylamine groups is 1. The van der Waals surface area contributed by atoms with Crippen LogP contribution < -0.4 is 15.0 Å². The van der Waals surface area contributed by atoms with Crippen molar-refractivity contribution < 1.29 is 23.1 Å². The largest absolute Gasteiger partial charge is 0.454 e. The summed E-state index contributed by atoms with van der Waals surface area (Å²) in [5, 5.41) is 0. The molecule has 0 unspecified atom stereocenters. The third-order valence-electron chi connectivity index (χ3n) is 2.46. The van der Waals surface area contributed by atoms with Gasteiger partial charge < -0.3 is 14.3 Å². The van der Waals surface area contributed by atoms with E-state index >= 15 is 0 Å². The highest BCUT2D eigenvalue weighted by Crippen LogP contribution is 2.40. The summed E-state index contributed by atoms with van der Waals surface area (Å²) in [5.41, 5.74) is 3.07. The summed E-state index contributed by atoms with van der Waals surface area (Å²) in [6.45, 7) is 1.16. The molecule has 1 N–H and O–H groups in total. The second kappa shape index (κ2) is 4.46. The van der Waals surface area contributed by atoms with E-state index in [9.17, 15) is 8.78 Å². The first-order chi connectivity index (χ1) is 8.02. The number of fused-ring (bicyclic) bond motifs is 1. The van der Waals surface area contributed by atoms with Crippen LogP contribution in [0.15, 0.2) is 12.1 Å². The first kappa shape index (κ1) is 12.1. The Morgan fingerprint density at radius 2 is 2.18 bits per heavy atom. The molecule has 4 nitrogen and oxygen atoms in total. The Morgan fingerprint density at radius 1 is 1.41 bits per heavy atom. The van der Waals surface area contributed by atoms with Crippen LogP contribution in [-0.4, -0.2) is 13.9 Å². The number of hydrogen-bond donors (Lipinski definition) is 1. The topological polar surface area (TPSA) is 39.7 Å². The molecule has 0 bridgehead atoms. The molecule has 0 aromatic heterocycles. The standard InChI is InChI=1S/C11H13F2NO3/c1-11(12,13)8-3-7(5-14-15-2)10-9(4-8)16-6-17-10/h3-4,14H,5-6H2,1-2H3. The molecule has 0 saturated carbocycles. The van der Waals surface area contributed by atoms with Crippen molar-refractivity contribution in [1.29, 1.82) is 0 Å². The van der Waals surface area contributed by atoms with Crippen molar-refractivity contribution in [2.24, 2.45) is 0 Å². The van der Waals surface area contributed by atoms with Crippen LogP contribution in [0.3, 0.4) is 0 Å². The zero-order chi connectivity index (χ0) is 12.5. The van der Waals surface area contributed by atoms with Crippen LogP contribution in [-0.2, 0) is 17.3 Å². The highest BCUT2D eigenvalue weighted by molar-refractivity contribution is 5.51. The van der Waals surface area contributed by atoms with E-state index in [1.807, 2.05) is 0 Å². The molecule has 1 heterocycles. The fourth-order valence-electron chi connectivity index (χ4n) is 1.62. The zero-order valence-electron chi connectivity index (χ0n) is 9.55. The molecule has 1 aliphatic rings. The monoisotopic (exact) mass is 245 g/mol. The lowest BCUT2D eigenvalue weighted by molar-refractivity contribution is 0.0171. The van der Waals surface area contributed by atoms with Gasteiger partial charge in [0, 0.05) is 24.6 Å². The minimum absolute atomic E-state index is 0.0497. The molecule has 0 aliphatic carbocycles. The average molecular weight is 245 g/mol. The van der Waals surface area contributed by atoms with Gasteiger partial charge in [0.1, 0.15) is 0 Å². The van der Waals surface area contributed by atoms with Gasteiger partial charge in [0.05, 0.1) is 7.11 Å². The summed E-state index contributed by atoms with van der Waals surface area (Å²) in [7, 11) is 1.45. The lowest BCUT2D eigenvalue weighted by Gasteiger charge is -2.14. The number of ether oxygens (including phenoxy) is 2. The van der Waals surface area contributed by atoms with Gasteiger partial charge in [-0.25, -0.2) is 8.78 Å². The first-order valence-corrected chi connectivity index (χ1v) is 5.09. The van der Waals surface area contributed by atoms with Crippen LogP contribution >= 0.6 is 0 Å². The van der Waals surface area contributed by atoms with Crippen LogP contribution in [0, 0.1) is 0 Å². The molecule has 1 aromatic rings. The van der Waals surface area contributed by atoms with Crippen LogP contribution in [0.4, 0.5) is 8.78 Å². The van der Waals surface area contributed by atoms with Crippen molar-refractivity contribution in [3.05, 3.63) is 23.3 Å². The normalized spacial score (nSPS) is 14.1. The SMILES string of the molecule is CONCc1cc(C(C)(F)F)cc2c1OCO2. The highest BCUT2D eigenvalue weighted by Gasteiger charge is 2.29. The molecule has 0 radical (unpaired) electrons. The van der Waals surface area contributed by atoms with E-state index in [4.69, 9.17) is 14.3 Å². The number of rotatable bonds is 4. The Kier molecular flexibility index (Phi) is 3.17. The van der Waals surface area contributed by atoms with Gasteiger partial charge >= 0.3 is 0 Å². The summed E-state index contributed by atoms with van der Waals surface area (Å²) in [6, 6.07) is 2.69. The summed E-state index contributed by atoms with van der Waals surface area (Å²) in [4.78, 5) is 4.70. The first-order valence-electron chi connectivity index (χ1n) is 5.09. The van der Waals surface area contributed by atoms with Gasteiger partial charge in [0.2, 0.25) is 6.79 Å². The predicted molar refractivity (Wildman–Crippen MR) is 56.0 cm³/mol. The van der Waals surface area contributed by atoms with Gasteiger partial charge in [-0.05, 0) is 12.1 Å². The Balaban J connectivity index is 2.39. The van der Waals surface area contributed by atoms with E-state index in [0.717, 1.165) is 6.92 Å². The van der Waals surface area contributed by atoms with E-state index in [-0.39, 0.29) is 18.9 Å². The number of benzene rings is 1. The zero-order valence-corrected chi connectivity index (χ0v) is 9.55. The van der Waals surface area contributed by atoms with Gasteiger partial charge in [-0.2, -0.15) is 5.48 Å². The molecule has 2 rings (SSSR count). The van der Waals surface area contributed by atoms with E-state index in [1.54, 1.807) is 0 Å². The molecule has 0 atom stereocenters. The fraction of sp³-hybridized carbons (Fsp3) is 0.455. The lowest BCUT2D eigenvalue weighted by atomic mass is 10.0. The molecule has 0 saturated heterocycles. The minimum Gasteiger partial charge on any atom is -0.454 e. The maximum absolute atomic E-state index is 13.3. The molecular formula is C11H13F2NO3. The molecular weight excluding hydrogens is 232 g/mol. The minimum atomic E-state index is -2.91. The van der Waals surface area contributed by atoms with Crippen molar-refractivity contribution in [2.45, 2.75) is 19.4 Å². The van der Waals surface area contributed by atoms with Crippen molar-refractivity contribution in [3.8, 4) is 11.5 Å². The summed E-state index contributed by atoms with van der Waals surface area (Å²) < 4.78 is 36.9. The molecule has 94 valence electrons. The van der Waals surface area contributed by atoms with E-state index < -0.39 is 5.92 Å². The summed E-state index contributed by atoms with van der Waals surface area (Å²) in [5.74, 6) is -2.08. The number of nitrogens with one attached hydrogen (secondary N) is 1. The van der Waals surface area contributed by atoms with E-state index in [2.05, 4.69) is 5.48 Å². The Bertz CT molecular complexity index is 418. The quantitative estimate of drug-likeness (QED) is 0.825. The maximum atomic E-state index is 13.3. The fourth-order valence-corrected chi connectivity index (χ4v) is 1.62. The van der Waals surface area contributed by atoms with Crippen molar-refractivity contribution in [2.75, 3.05) is 13.9 Å². The van der Waals surface area contributed by atoms with Gasteiger partial charge in [-0.3, -0.25) is 0 Å². The molecule has 1 aromatic carbocycles. The van der Waals surface area contributed by atoms with Crippen LogP contribution in [0.5, 0.6) is 11.5 Å². The molecule has 0 fully saturated rings. The second-order valence-corrected chi connectivity index (χ2v) is 3.78. The predicted octanol–water partition coefficient (Wildman–Crippen LogP) is 2.18.